The molecule has 0 fully saturated rings. The van der Waals surface area contributed by atoms with Crippen molar-refractivity contribution in [1.29, 1.82) is 0 Å². The molecule has 0 saturated heterocycles. The Bertz CT molecular complexity index is 643. The number of hydrogen-bond donors (Lipinski definition) is 0. The lowest BCUT2D eigenvalue weighted by Crippen LogP contribution is -2.11. The van der Waals surface area contributed by atoms with Gasteiger partial charge in [-0.05, 0) is 47.6 Å². The van der Waals surface area contributed by atoms with Crippen LogP contribution in [0.4, 0.5) is 0 Å². The lowest BCUT2D eigenvalue weighted by Gasteiger charge is -2.19. The summed E-state index contributed by atoms with van der Waals surface area (Å²) in [5.74, 6) is 0.182. The molecule has 0 atom stereocenters. The summed E-state index contributed by atoms with van der Waals surface area (Å²) in [6.45, 7) is 10.7. The smallest absolute Gasteiger partial charge is 0.167 e. The molecule has 0 bridgehead atoms. The van der Waals surface area contributed by atoms with Gasteiger partial charge in [-0.1, -0.05) is 57.2 Å². The molecule has 0 saturated carbocycles. The summed E-state index contributed by atoms with van der Waals surface area (Å²) in [6, 6.07) is 14.3. The molecule has 0 aliphatic rings. The molecule has 0 unspecified atom stereocenters. The molecule has 0 aromatic heterocycles. The molecule has 0 heterocycles. The highest BCUT2D eigenvalue weighted by Crippen LogP contribution is 2.22. The molecule has 0 radical (unpaired) electrons. The van der Waals surface area contributed by atoms with Crippen LogP contribution in [0.15, 0.2) is 42.5 Å². The summed E-state index contributed by atoms with van der Waals surface area (Å²) in [7, 11) is 0. The van der Waals surface area contributed by atoms with Crippen molar-refractivity contribution >= 4 is 5.78 Å². The zero-order chi connectivity index (χ0) is 15.6. The van der Waals surface area contributed by atoms with Crippen molar-refractivity contribution in [2.24, 2.45) is 0 Å². The molecular formula is C20H24O. The topological polar surface area (TPSA) is 17.1 Å². The van der Waals surface area contributed by atoms with Gasteiger partial charge in [0, 0.05) is 12.0 Å². The Balaban J connectivity index is 2.14. The molecule has 0 spiro atoms. The molecule has 0 aliphatic carbocycles. The normalized spacial score (nSPS) is 11.5. The van der Waals surface area contributed by atoms with E-state index in [1.807, 2.05) is 25.1 Å². The van der Waals surface area contributed by atoms with Gasteiger partial charge in [-0.15, -0.1) is 0 Å². The molecule has 0 amide bonds. The summed E-state index contributed by atoms with van der Waals surface area (Å²) in [5.41, 5.74) is 5.72. The molecule has 0 aliphatic heterocycles. The van der Waals surface area contributed by atoms with Crippen LogP contribution in [-0.2, 0) is 11.8 Å². The molecule has 110 valence electrons. The summed E-state index contributed by atoms with van der Waals surface area (Å²) < 4.78 is 0. The van der Waals surface area contributed by atoms with Gasteiger partial charge in [0.15, 0.2) is 5.78 Å². The Labute approximate surface area is 128 Å². The third-order valence-electron chi connectivity index (χ3n) is 4.01. The van der Waals surface area contributed by atoms with Gasteiger partial charge < -0.3 is 0 Å². The molecule has 2 rings (SSSR count). The SMILES string of the molecule is Cc1ccc(C(=O)Cc2ccc(C(C)(C)C)cc2)cc1C. The maximum Gasteiger partial charge on any atom is 0.167 e. The van der Waals surface area contributed by atoms with Crippen LogP contribution in [0.1, 0.15) is 53.4 Å². The van der Waals surface area contributed by atoms with E-state index < -0.39 is 0 Å². The number of hydrogen-bond acceptors (Lipinski definition) is 1. The van der Waals surface area contributed by atoms with Crippen molar-refractivity contribution in [3.63, 3.8) is 0 Å². The largest absolute Gasteiger partial charge is 0.294 e. The lowest BCUT2D eigenvalue weighted by atomic mass is 9.86. The summed E-state index contributed by atoms with van der Waals surface area (Å²) >= 11 is 0. The third-order valence-corrected chi connectivity index (χ3v) is 4.01. The Kier molecular flexibility index (Phi) is 4.32. The van der Waals surface area contributed by atoms with Crippen LogP contribution in [0.25, 0.3) is 0 Å². The van der Waals surface area contributed by atoms with Gasteiger partial charge in [-0.3, -0.25) is 4.79 Å². The van der Waals surface area contributed by atoms with E-state index in [1.165, 1.54) is 16.7 Å². The van der Waals surface area contributed by atoms with Crippen molar-refractivity contribution < 1.29 is 4.79 Å². The van der Waals surface area contributed by atoms with Crippen LogP contribution in [-0.4, -0.2) is 5.78 Å². The monoisotopic (exact) mass is 280 g/mol. The van der Waals surface area contributed by atoms with Crippen molar-refractivity contribution in [2.45, 2.75) is 46.5 Å². The first-order valence-corrected chi connectivity index (χ1v) is 7.47. The van der Waals surface area contributed by atoms with E-state index >= 15 is 0 Å². The minimum absolute atomic E-state index is 0.149. The van der Waals surface area contributed by atoms with E-state index in [0.29, 0.717) is 6.42 Å². The predicted octanol–water partition coefficient (Wildman–Crippen LogP) is 5.03. The van der Waals surface area contributed by atoms with Gasteiger partial charge in [-0.2, -0.15) is 0 Å². The quantitative estimate of drug-likeness (QED) is 0.721. The first-order valence-electron chi connectivity index (χ1n) is 7.47. The summed E-state index contributed by atoms with van der Waals surface area (Å²) in [5, 5.41) is 0. The fourth-order valence-electron chi connectivity index (χ4n) is 2.32. The van der Waals surface area contributed by atoms with Crippen LogP contribution < -0.4 is 0 Å². The zero-order valence-corrected chi connectivity index (χ0v) is 13.7. The number of aryl methyl sites for hydroxylation is 2. The maximum absolute atomic E-state index is 12.4. The Morgan fingerprint density at radius 3 is 2.05 bits per heavy atom. The number of benzene rings is 2. The predicted molar refractivity (Wildman–Crippen MR) is 89.1 cm³/mol. The fraction of sp³-hybridized carbons (Fsp3) is 0.350. The van der Waals surface area contributed by atoms with Gasteiger partial charge in [0.25, 0.3) is 0 Å². The minimum atomic E-state index is 0.149. The average Bonchev–Trinajstić information content (AvgIpc) is 2.41. The zero-order valence-electron chi connectivity index (χ0n) is 13.7. The molecule has 2 aromatic rings. The first kappa shape index (κ1) is 15.5. The van der Waals surface area contributed by atoms with E-state index in [0.717, 1.165) is 11.1 Å². The second kappa shape index (κ2) is 5.85. The molecule has 1 heteroatoms. The Hall–Kier alpha value is -1.89. The van der Waals surface area contributed by atoms with Gasteiger partial charge in [0.2, 0.25) is 0 Å². The number of rotatable bonds is 3. The third kappa shape index (κ3) is 3.81. The van der Waals surface area contributed by atoms with Crippen molar-refractivity contribution in [1.82, 2.24) is 0 Å². The first-order chi connectivity index (χ1) is 9.77. The van der Waals surface area contributed by atoms with Crippen LogP contribution in [0.2, 0.25) is 0 Å². The maximum atomic E-state index is 12.4. The molecular weight excluding hydrogens is 256 g/mol. The van der Waals surface area contributed by atoms with Crippen molar-refractivity contribution in [2.75, 3.05) is 0 Å². The van der Waals surface area contributed by atoms with Crippen LogP contribution in [0, 0.1) is 13.8 Å². The van der Waals surface area contributed by atoms with Gasteiger partial charge in [-0.25, -0.2) is 0 Å². The standard InChI is InChI=1S/C20H24O/c1-14-6-9-17(12-15(14)2)19(21)13-16-7-10-18(11-8-16)20(3,4)5/h6-12H,13H2,1-5H3. The number of Topliss-reactive ketones (excluding diaryl/α,β-unsaturated/α-hetero) is 1. The number of carbonyl (C=O) groups is 1. The van der Waals surface area contributed by atoms with Gasteiger partial charge in [0.1, 0.15) is 0 Å². The highest BCUT2D eigenvalue weighted by molar-refractivity contribution is 5.97. The van der Waals surface area contributed by atoms with Gasteiger partial charge in [0.05, 0.1) is 0 Å². The Morgan fingerprint density at radius 2 is 1.52 bits per heavy atom. The molecule has 0 N–H and O–H groups in total. The lowest BCUT2D eigenvalue weighted by molar-refractivity contribution is 0.0993. The molecule has 1 nitrogen and oxygen atoms in total. The van der Waals surface area contributed by atoms with E-state index in [2.05, 4.69) is 52.0 Å². The summed E-state index contributed by atoms with van der Waals surface area (Å²) in [4.78, 5) is 12.4. The van der Waals surface area contributed by atoms with E-state index in [-0.39, 0.29) is 11.2 Å². The highest BCUT2D eigenvalue weighted by Gasteiger charge is 2.14. The average molecular weight is 280 g/mol. The highest BCUT2D eigenvalue weighted by atomic mass is 16.1. The van der Waals surface area contributed by atoms with Crippen LogP contribution >= 0.6 is 0 Å². The van der Waals surface area contributed by atoms with E-state index in [9.17, 15) is 4.79 Å². The van der Waals surface area contributed by atoms with Gasteiger partial charge >= 0.3 is 0 Å². The van der Waals surface area contributed by atoms with E-state index in [1.54, 1.807) is 0 Å². The number of ketones is 1. The second-order valence-electron chi connectivity index (χ2n) is 6.85. The van der Waals surface area contributed by atoms with E-state index in [4.69, 9.17) is 0 Å². The minimum Gasteiger partial charge on any atom is -0.294 e. The van der Waals surface area contributed by atoms with Crippen LogP contribution in [0.3, 0.4) is 0 Å². The van der Waals surface area contributed by atoms with Crippen molar-refractivity contribution in [3.8, 4) is 0 Å². The Morgan fingerprint density at radius 1 is 0.905 bits per heavy atom. The van der Waals surface area contributed by atoms with Crippen molar-refractivity contribution in [3.05, 3.63) is 70.3 Å². The summed E-state index contributed by atoms with van der Waals surface area (Å²) in [6.07, 6.45) is 0.465. The molecule has 21 heavy (non-hydrogen) atoms. The number of carbonyl (C=O) groups excluding carboxylic acids is 1. The molecule has 2 aromatic carbocycles. The fourth-order valence-corrected chi connectivity index (χ4v) is 2.32. The second-order valence-corrected chi connectivity index (χ2v) is 6.85. The van der Waals surface area contributed by atoms with Crippen LogP contribution in [0.5, 0.6) is 0 Å².